The molecule has 1 atom stereocenters. The van der Waals surface area contributed by atoms with Crippen molar-refractivity contribution in [3.05, 3.63) is 17.0 Å². The third-order valence-electron chi connectivity index (χ3n) is 2.98. The molecule has 1 rings (SSSR count). The van der Waals surface area contributed by atoms with Crippen LogP contribution in [0.2, 0.25) is 0 Å². The number of nitrogens with zero attached hydrogens (tertiary/aromatic N) is 2. The maximum absolute atomic E-state index is 5.95. The molecule has 5 nitrogen and oxygen atoms in total. The van der Waals surface area contributed by atoms with Gasteiger partial charge in [-0.3, -0.25) is 4.68 Å². The molecule has 0 saturated carbocycles. The molecule has 0 amide bonds. The monoisotopic (exact) mass is 255 g/mol. The number of nitrogens with two attached hydrogens (primary N) is 1. The number of rotatable bonds is 8. The van der Waals surface area contributed by atoms with Crippen molar-refractivity contribution in [2.45, 2.75) is 39.8 Å². The van der Waals surface area contributed by atoms with Gasteiger partial charge < -0.3 is 15.2 Å². The number of aromatic nitrogens is 2. The van der Waals surface area contributed by atoms with Crippen LogP contribution in [0.4, 0.5) is 0 Å². The average molecular weight is 255 g/mol. The lowest BCUT2D eigenvalue weighted by molar-refractivity contribution is 0.0676. The van der Waals surface area contributed by atoms with E-state index in [9.17, 15) is 0 Å². The first kappa shape index (κ1) is 15.1. The molecular weight excluding hydrogens is 230 g/mol. The Morgan fingerprint density at radius 2 is 2.00 bits per heavy atom. The minimum Gasteiger partial charge on any atom is -0.382 e. The van der Waals surface area contributed by atoms with Gasteiger partial charge in [-0.25, -0.2) is 0 Å². The van der Waals surface area contributed by atoms with Gasteiger partial charge >= 0.3 is 0 Å². The Balaban J connectivity index is 2.41. The summed E-state index contributed by atoms with van der Waals surface area (Å²) in [5, 5.41) is 4.52. The van der Waals surface area contributed by atoms with Crippen LogP contribution in [0.1, 0.15) is 36.3 Å². The quantitative estimate of drug-likeness (QED) is 0.716. The molecule has 18 heavy (non-hydrogen) atoms. The van der Waals surface area contributed by atoms with Crippen molar-refractivity contribution in [2.75, 3.05) is 26.9 Å². The number of methoxy groups -OCH3 is 1. The Kier molecular flexibility index (Phi) is 6.32. The highest BCUT2D eigenvalue weighted by molar-refractivity contribution is 5.27. The summed E-state index contributed by atoms with van der Waals surface area (Å²) in [5.41, 5.74) is 9.31. The van der Waals surface area contributed by atoms with E-state index in [0.717, 1.165) is 30.8 Å². The maximum Gasteiger partial charge on any atom is 0.0700 e. The Morgan fingerprint density at radius 3 is 2.56 bits per heavy atom. The van der Waals surface area contributed by atoms with Crippen molar-refractivity contribution in [3.8, 4) is 0 Å². The summed E-state index contributed by atoms with van der Waals surface area (Å²) < 4.78 is 12.4. The van der Waals surface area contributed by atoms with Crippen LogP contribution in [0.5, 0.6) is 0 Å². The average Bonchev–Trinajstić information content (AvgIpc) is 2.59. The van der Waals surface area contributed by atoms with Crippen LogP contribution in [0, 0.1) is 13.8 Å². The third kappa shape index (κ3) is 4.08. The van der Waals surface area contributed by atoms with Gasteiger partial charge in [0.05, 0.1) is 18.9 Å². The van der Waals surface area contributed by atoms with Crippen molar-refractivity contribution >= 4 is 0 Å². The fourth-order valence-electron chi connectivity index (χ4n) is 2.15. The lowest BCUT2D eigenvalue weighted by Crippen LogP contribution is -2.10. The fraction of sp³-hybridized carbons (Fsp3) is 0.769. The highest BCUT2D eigenvalue weighted by Crippen LogP contribution is 2.19. The summed E-state index contributed by atoms with van der Waals surface area (Å²) in [6.45, 7) is 8.98. The molecule has 0 radical (unpaired) electrons. The van der Waals surface area contributed by atoms with Crippen molar-refractivity contribution in [1.82, 2.24) is 9.78 Å². The maximum atomic E-state index is 5.95. The van der Waals surface area contributed by atoms with Crippen LogP contribution in [0.15, 0.2) is 0 Å². The van der Waals surface area contributed by atoms with Crippen LogP contribution in [0.25, 0.3) is 0 Å². The Bertz CT molecular complexity index is 361. The largest absolute Gasteiger partial charge is 0.382 e. The molecule has 5 heteroatoms. The van der Waals surface area contributed by atoms with E-state index in [-0.39, 0.29) is 6.04 Å². The normalized spacial score (nSPS) is 12.9. The summed E-state index contributed by atoms with van der Waals surface area (Å²) in [6.07, 6.45) is 0.948. The number of ether oxygens (including phenoxy) is 2. The number of aryl methyl sites for hydroxylation is 2. The van der Waals surface area contributed by atoms with Gasteiger partial charge in [-0.1, -0.05) is 0 Å². The second-order valence-corrected chi connectivity index (χ2v) is 4.56. The van der Waals surface area contributed by atoms with Crippen molar-refractivity contribution in [3.63, 3.8) is 0 Å². The first-order chi connectivity index (χ1) is 8.57. The second kappa shape index (κ2) is 7.51. The van der Waals surface area contributed by atoms with Gasteiger partial charge in [0.2, 0.25) is 0 Å². The SMILES string of the molecule is COCCOCCCn1nc(C)c(C(C)N)c1C. The van der Waals surface area contributed by atoms with Crippen LogP contribution in [0.3, 0.4) is 0 Å². The minimum absolute atomic E-state index is 0.0386. The first-order valence-electron chi connectivity index (χ1n) is 6.44. The molecule has 0 aliphatic carbocycles. The van der Waals surface area contributed by atoms with E-state index in [1.165, 1.54) is 5.69 Å². The topological polar surface area (TPSA) is 62.3 Å². The van der Waals surface area contributed by atoms with E-state index in [4.69, 9.17) is 15.2 Å². The van der Waals surface area contributed by atoms with Crippen LogP contribution in [-0.4, -0.2) is 36.7 Å². The minimum atomic E-state index is 0.0386. The van der Waals surface area contributed by atoms with E-state index in [1.807, 2.05) is 18.5 Å². The zero-order chi connectivity index (χ0) is 13.5. The smallest absolute Gasteiger partial charge is 0.0700 e. The van der Waals surface area contributed by atoms with Gasteiger partial charge in [0, 0.05) is 37.6 Å². The molecule has 1 aromatic heterocycles. The molecule has 1 heterocycles. The molecule has 1 unspecified atom stereocenters. The summed E-state index contributed by atoms with van der Waals surface area (Å²) in [6, 6.07) is 0.0386. The van der Waals surface area contributed by atoms with E-state index >= 15 is 0 Å². The molecule has 0 aromatic carbocycles. The Hall–Kier alpha value is -0.910. The van der Waals surface area contributed by atoms with Crippen molar-refractivity contribution in [2.24, 2.45) is 5.73 Å². The lowest BCUT2D eigenvalue weighted by atomic mass is 10.1. The standard InChI is InChI=1S/C13H25N3O2/c1-10(14)13-11(2)15-16(12(13)3)6-5-7-18-9-8-17-4/h10H,5-9,14H2,1-4H3. The van der Waals surface area contributed by atoms with Gasteiger partial charge in [0.1, 0.15) is 0 Å². The van der Waals surface area contributed by atoms with E-state index in [0.29, 0.717) is 13.2 Å². The summed E-state index contributed by atoms with van der Waals surface area (Å²) >= 11 is 0. The summed E-state index contributed by atoms with van der Waals surface area (Å²) in [4.78, 5) is 0. The third-order valence-corrected chi connectivity index (χ3v) is 2.98. The Morgan fingerprint density at radius 1 is 1.28 bits per heavy atom. The van der Waals surface area contributed by atoms with Crippen molar-refractivity contribution in [1.29, 1.82) is 0 Å². The predicted octanol–water partition coefficient (Wildman–Crippen LogP) is 1.57. The zero-order valence-corrected chi connectivity index (χ0v) is 11.9. The highest BCUT2D eigenvalue weighted by Gasteiger charge is 2.14. The molecule has 104 valence electrons. The molecule has 0 fully saturated rings. The molecule has 0 aliphatic rings. The molecule has 0 saturated heterocycles. The van der Waals surface area contributed by atoms with E-state index < -0.39 is 0 Å². The molecule has 0 bridgehead atoms. The van der Waals surface area contributed by atoms with Crippen LogP contribution in [-0.2, 0) is 16.0 Å². The Labute approximate surface area is 109 Å². The number of hydrogen-bond acceptors (Lipinski definition) is 4. The lowest BCUT2D eigenvalue weighted by Gasteiger charge is -2.08. The molecule has 0 aliphatic heterocycles. The molecule has 1 aromatic rings. The number of hydrogen-bond donors (Lipinski definition) is 1. The van der Waals surface area contributed by atoms with Crippen LogP contribution >= 0.6 is 0 Å². The van der Waals surface area contributed by atoms with Crippen molar-refractivity contribution < 1.29 is 9.47 Å². The van der Waals surface area contributed by atoms with Gasteiger partial charge in [-0.05, 0) is 27.2 Å². The zero-order valence-electron chi connectivity index (χ0n) is 11.9. The molecule has 2 N–H and O–H groups in total. The molecule has 0 spiro atoms. The molecular formula is C13H25N3O2. The van der Waals surface area contributed by atoms with Gasteiger partial charge in [0.25, 0.3) is 0 Å². The fourth-order valence-corrected chi connectivity index (χ4v) is 2.15. The second-order valence-electron chi connectivity index (χ2n) is 4.56. The van der Waals surface area contributed by atoms with E-state index in [1.54, 1.807) is 7.11 Å². The summed E-state index contributed by atoms with van der Waals surface area (Å²) in [5.74, 6) is 0. The van der Waals surface area contributed by atoms with Gasteiger partial charge in [-0.15, -0.1) is 0 Å². The highest BCUT2D eigenvalue weighted by atomic mass is 16.5. The predicted molar refractivity (Wildman–Crippen MR) is 71.6 cm³/mol. The van der Waals surface area contributed by atoms with E-state index in [2.05, 4.69) is 12.0 Å². The summed E-state index contributed by atoms with van der Waals surface area (Å²) in [7, 11) is 1.68. The first-order valence-corrected chi connectivity index (χ1v) is 6.44. The van der Waals surface area contributed by atoms with Gasteiger partial charge in [0.15, 0.2) is 0 Å². The van der Waals surface area contributed by atoms with Crippen LogP contribution < -0.4 is 5.73 Å². The van der Waals surface area contributed by atoms with Gasteiger partial charge in [-0.2, -0.15) is 5.10 Å².